The largest absolute Gasteiger partial charge is 0.325 e. The molecule has 0 aliphatic carbocycles. The normalized spacial score (nSPS) is 19.6. The molecule has 2 aromatic carbocycles. The van der Waals surface area contributed by atoms with Gasteiger partial charge in [-0.25, -0.2) is 4.79 Å². The van der Waals surface area contributed by atoms with Gasteiger partial charge in [0.25, 0.3) is 5.91 Å². The highest BCUT2D eigenvalue weighted by molar-refractivity contribution is 6.10. The van der Waals surface area contributed by atoms with Gasteiger partial charge in [-0.05, 0) is 53.5 Å². The molecule has 2 unspecified atom stereocenters. The van der Waals surface area contributed by atoms with Crippen LogP contribution in [0.2, 0.25) is 0 Å². The van der Waals surface area contributed by atoms with Crippen LogP contribution in [0.1, 0.15) is 70.6 Å². The number of nitrogens with one attached hydrogen (secondary N) is 2. The van der Waals surface area contributed by atoms with Gasteiger partial charge in [0.1, 0.15) is 12.1 Å². The summed E-state index contributed by atoms with van der Waals surface area (Å²) in [6.45, 7) is 12.0. The van der Waals surface area contributed by atoms with Crippen LogP contribution in [-0.2, 0) is 20.5 Å². The van der Waals surface area contributed by atoms with Gasteiger partial charge in [0.2, 0.25) is 5.91 Å². The SMILES string of the molecule is CCC(C)c1ccc(NC(=O)CN2C(=O)NC(C)(c3ccc(C(C)(C)C)cc3)C2=O)cc1. The lowest BCUT2D eigenvalue weighted by Gasteiger charge is -2.24. The van der Waals surface area contributed by atoms with Crippen molar-refractivity contribution in [2.24, 2.45) is 0 Å². The minimum Gasteiger partial charge on any atom is -0.325 e. The topological polar surface area (TPSA) is 78.5 Å². The number of carbonyl (C=O) groups is 3. The Labute approximate surface area is 190 Å². The third-order valence-electron chi connectivity index (χ3n) is 6.28. The van der Waals surface area contributed by atoms with Gasteiger partial charge in [0.05, 0.1) is 0 Å². The van der Waals surface area contributed by atoms with Crippen molar-refractivity contribution in [1.29, 1.82) is 0 Å². The number of urea groups is 1. The molecule has 0 radical (unpaired) electrons. The smallest absolute Gasteiger partial charge is 0.325 e. The van der Waals surface area contributed by atoms with Gasteiger partial charge in [-0.1, -0.05) is 71.0 Å². The van der Waals surface area contributed by atoms with E-state index in [0.29, 0.717) is 17.2 Å². The second-order valence-electron chi connectivity index (χ2n) is 9.75. The highest BCUT2D eigenvalue weighted by Crippen LogP contribution is 2.31. The monoisotopic (exact) mass is 435 g/mol. The van der Waals surface area contributed by atoms with Crippen LogP contribution in [0.15, 0.2) is 48.5 Å². The third-order valence-corrected chi connectivity index (χ3v) is 6.28. The van der Waals surface area contributed by atoms with Crippen molar-refractivity contribution in [3.8, 4) is 0 Å². The molecule has 2 atom stereocenters. The minimum absolute atomic E-state index is 0.0146. The predicted octanol–water partition coefficient (Wildman–Crippen LogP) is 4.90. The molecule has 2 aromatic rings. The second-order valence-corrected chi connectivity index (χ2v) is 9.75. The number of benzene rings is 2. The molecule has 0 saturated carbocycles. The Kier molecular flexibility index (Phi) is 6.44. The first-order valence-electron chi connectivity index (χ1n) is 11.1. The molecule has 1 aliphatic heterocycles. The molecule has 1 heterocycles. The molecular weight excluding hydrogens is 402 g/mol. The van der Waals surface area contributed by atoms with Crippen molar-refractivity contribution in [1.82, 2.24) is 10.2 Å². The molecule has 32 heavy (non-hydrogen) atoms. The molecule has 1 aliphatic rings. The lowest BCUT2D eigenvalue weighted by Crippen LogP contribution is -2.42. The third kappa shape index (κ3) is 4.69. The van der Waals surface area contributed by atoms with E-state index < -0.39 is 23.4 Å². The number of hydrogen-bond acceptors (Lipinski definition) is 3. The van der Waals surface area contributed by atoms with Crippen LogP contribution < -0.4 is 10.6 Å². The van der Waals surface area contributed by atoms with Crippen LogP contribution in [0.3, 0.4) is 0 Å². The van der Waals surface area contributed by atoms with Crippen molar-refractivity contribution in [2.45, 2.75) is 64.8 Å². The fourth-order valence-corrected chi connectivity index (χ4v) is 3.81. The van der Waals surface area contributed by atoms with Crippen molar-refractivity contribution < 1.29 is 14.4 Å². The molecule has 6 heteroatoms. The van der Waals surface area contributed by atoms with Gasteiger partial charge < -0.3 is 10.6 Å². The summed E-state index contributed by atoms with van der Waals surface area (Å²) in [5, 5.41) is 5.53. The molecule has 170 valence electrons. The van der Waals surface area contributed by atoms with E-state index in [1.807, 2.05) is 48.5 Å². The van der Waals surface area contributed by atoms with Crippen LogP contribution in [0, 0.1) is 0 Å². The zero-order chi connectivity index (χ0) is 23.7. The van der Waals surface area contributed by atoms with Gasteiger partial charge in [-0.3, -0.25) is 14.5 Å². The number of imide groups is 1. The Balaban J connectivity index is 1.69. The maximum atomic E-state index is 13.1. The Morgan fingerprint density at radius 2 is 1.66 bits per heavy atom. The minimum atomic E-state index is -1.20. The van der Waals surface area contributed by atoms with Gasteiger partial charge in [0.15, 0.2) is 0 Å². The Morgan fingerprint density at radius 3 is 2.19 bits per heavy atom. The molecule has 1 saturated heterocycles. The molecule has 4 amide bonds. The maximum Gasteiger partial charge on any atom is 0.325 e. The number of carbonyl (C=O) groups excluding carboxylic acids is 3. The first kappa shape index (κ1) is 23.5. The first-order chi connectivity index (χ1) is 15.0. The first-order valence-corrected chi connectivity index (χ1v) is 11.1. The van der Waals surface area contributed by atoms with Gasteiger partial charge in [-0.15, -0.1) is 0 Å². The van der Waals surface area contributed by atoms with E-state index in [4.69, 9.17) is 0 Å². The number of anilines is 1. The highest BCUT2D eigenvalue weighted by Gasteiger charge is 2.49. The molecule has 3 rings (SSSR count). The van der Waals surface area contributed by atoms with Gasteiger partial charge >= 0.3 is 6.03 Å². The number of hydrogen-bond donors (Lipinski definition) is 2. The molecule has 0 aromatic heterocycles. The van der Waals surface area contributed by atoms with Crippen LogP contribution in [0.5, 0.6) is 0 Å². The van der Waals surface area contributed by atoms with E-state index in [1.54, 1.807) is 6.92 Å². The predicted molar refractivity (Wildman–Crippen MR) is 127 cm³/mol. The molecule has 1 fully saturated rings. The summed E-state index contributed by atoms with van der Waals surface area (Å²) in [7, 11) is 0. The van der Waals surface area contributed by atoms with Gasteiger partial charge in [0, 0.05) is 5.69 Å². The number of rotatable bonds is 6. The summed E-state index contributed by atoms with van der Waals surface area (Å²) in [6.07, 6.45) is 1.04. The summed E-state index contributed by atoms with van der Waals surface area (Å²) in [4.78, 5) is 39.2. The van der Waals surface area contributed by atoms with E-state index >= 15 is 0 Å². The Morgan fingerprint density at radius 1 is 1.06 bits per heavy atom. The standard InChI is InChI=1S/C26H33N3O3/c1-7-17(2)18-8-14-21(15-9-18)27-22(30)16-29-23(31)26(6,28-24(29)32)20-12-10-19(11-13-20)25(3,4)5/h8-15,17H,7,16H2,1-6H3,(H,27,30)(H,28,32). The van der Waals surface area contributed by atoms with Crippen LogP contribution >= 0.6 is 0 Å². The summed E-state index contributed by atoms with van der Waals surface area (Å²) in [5.74, 6) is -0.411. The highest BCUT2D eigenvalue weighted by atomic mass is 16.2. The molecule has 2 N–H and O–H groups in total. The fraction of sp³-hybridized carbons (Fsp3) is 0.423. The Hall–Kier alpha value is -3.15. The lowest BCUT2D eigenvalue weighted by atomic mass is 9.84. The van der Waals surface area contributed by atoms with Crippen LogP contribution in [0.25, 0.3) is 0 Å². The molecule has 0 bridgehead atoms. The summed E-state index contributed by atoms with van der Waals surface area (Å²) in [5.41, 5.74) is 2.44. The van der Waals surface area contributed by atoms with Crippen LogP contribution in [0.4, 0.5) is 10.5 Å². The summed E-state index contributed by atoms with van der Waals surface area (Å²) < 4.78 is 0. The second kappa shape index (κ2) is 8.77. The van der Waals surface area contributed by atoms with Crippen molar-refractivity contribution in [2.75, 3.05) is 11.9 Å². The van der Waals surface area contributed by atoms with E-state index in [2.05, 4.69) is 45.3 Å². The average molecular weight is 436 g/mol. The summed E-state index contributed by atoms with van der Waals surface area (Å²) in [6, 6.07) is 14.7. The Bertz CT molecular complexity index is 1010. The fourth-order valence-electron chi connectivity index (χ4n) is 3.81. The van der Waals surface area contributed by atoms with E-state index in [9.17, 15) is 14.4 Å². The zero-order valence-corrected chi connectivity index (χ0v) is 19.8. The number of nitrogens with zero attached hydrogens (tertiary/aromatic N) is 1. The van der Waals surface area contributed by atoms with Crippen molar-refractivity contribution in [3.63, 3.8) is 0 Å². The molecule has 0 spiro atoms. The zero-order valence-electron chi connectivity index (χ0n) is 19.8. The van der Waals surface area contributed by atoms with Crippen molar-refractivity contribution in [3.05, 3.63) is 65.2 Å². The lowest BCUT2D eigenvalue weighted by molar-refractivity contribution is -0.133. The van der Waals surface area contributed by atoms with E-state index in [1.165, 1.54) is 5.56 Å². The quantitative estimate of drug-likeness (QED) is 0.633. The summed E-state index contributed by atoms with van der Waals surface area (Å²) >= 11 is 0. The van der Waals surface area contributed by atoms with Crippen molar-refractivity contribution >= 4 is 23.5 Å². The maximum absolute atomic E-state index is 13.1. The molecular formula is C26H33N3O3. The van der Waals surface area contributed by atoms with E-state index in [0.717, 1.165) is 16.9 Å². The molecule has 6 nitrogen and oxygen atoms in total. The van der Waals surface area contributed by atoms with Gasteiger partial charge in [-0.2, -0.15) is 0 Å². The van der Waals surface area contributed by atoms with E-state index in [-0.39, 0.29) is 12.0 Å². The van der Waals surface area contributed by atoms with Crippen LogP contribution in [-0.4, -0.2) is 29.3 Å². The number of amides is 4. The average Bonchev–Trinajstić information content (AvgIpc) is 2.97.